The molecule has 0 atom stereocenters. The maximum atomic E-state index is 6.30. The molecule has 21 heavy (non-hydrogen) atoms. The number of nitrogens with zero attached hydrogens (tertiary/aromatic N) is 2. The number of halogens is 2. The summed E-state index contributed by atoms with van der Waals surface area (Å²) in [6.45, 7) is 2.94. The largest absolute Gasteiger partial charge is 0.369 e. The molecule has 0 aliphatic heterocycles. The van der Waals surface area contributed by atoms with E-state index in [0.717, 1.165) is 34.6 Å². The molecule has 0 amide bonds. The zero-order valence-corrected chi connectivity index (χ0v) is 13.7. The first-order valence-electron chi connectivity index (χ1n) is 6.63. The molecule has 108 valence electrons. The first-order chi connectivity index (χ1) is 10.2. The predicted molar refractivity (Wildman–Crippen MR) is 91.7 cm³/mol. The van der Waals surface area contributed by atoms with Crippen molar-refractivity contribution in [2.24, 2.45) is 0 Å². The van der Waals surface area contributed by atoms with Gasteiger partial charge in [-0.1, -0.05) is 36.2 Å². The van der Waals surface area contributed by atoms with Crippen LogP contribution in [0.1, 0.15) is 13.3 Å². The van der Waals surface area contributed by atoms with E-state index in [1.165, 1.54) is 0 Å². The fourth-order valence-corrected chi connectivity index (χ4v) is 3.24. The Labute approximate surface area is 137 Å². The van der Waals surface area contributed by atoms with Crippen LogP contribution in [0, 0.1) is 0 Å². The number of nitrogens with one attached hydrogen (secondary N) is 1. The van der Waals surface area contributed by atoms with Gasteiger partial charge >= 0.3 is 0 Å². The van der Waals surface area contributed by atoms with Gasteiger partial charge in [0, 0.05) is 17.0 Å². The van der Waals surface area contributed by atoms with Crippen LogP contribution in [-0.2, 0) is 0 Å². The lowest BCUT2D eigenvalue weighted by atomic mass is 10.2. The van der Waals surface area contributed by atoms with Crippen molar-refractivity contribution in [3.63, 3.8) is 0 Å². The topological polar surface area (TPSA) is 37.8 Å². The third-order valence-corrected chi connectivity index (χ3v) is 4.37. The average Bonchev–Trinajstić information content (AvgIpc) is 2.99. The summed E-state index contributed by atoms with van der Waals surface area (Å²) in [7, 11) is 0. The highest BCUT2D eigenvalue weighted by Crippen LogP contribution is 2.33. The molecule has 1 N–H and O–H groups in total. The molecule has 2 heterocycles. The standard InChI is InChI=1S/C15H13Cl2N3S/c1-2-5-18-14-10-7-9(16)8-11(17)13(10)19-15(20-14)12-4-3-6-21-12/h3-4,6-8H,2,5H2,1H3,(H,18,19,20). The van der Waals surface area contributed by atoms with Crippen LogP contribution in [-0.4, -0.2) is 16.5 Å². The number of thiophene rings is 1. The van der Waals surface area contributed by atoms with E-state index in [9.17, 15) is 0 Å². The van der Waals surface area contributed by atoms with E-state index in [-0.39, 0.29) is 0 Å². The number of hydrogen-bond donors (Lipinski definition) is 1. The van der Waals surface area contributed by atoms with E-state index in [0.29, 0.717) is 15.9 Å². The van der Waals surface area contributed by atoms with Gasteiger partial charge in [-0.25, -0.2) is 9.97 Å². The number of fused-ring (bicyclic) bond motifs is 1. The number of hydrogen-bond acceptors (Lipinski definition) is 4. The second kappa shape index (κ2) is 6.18. The zero-order chi connectivity index (χ0) is 14.8. The summed E-state index contributed by atoms with van der Waals surface area (Å²) < 4.78 is 0. The van der Waals surface area contributed by atoms with Gasteiger partial charge in [-0.2, -0.15) is 0 Å². The van der Waals surface area contributed by atoms with Crippen molar-refractivity contribution in [3.05, 3.63) is 39.7 Å². The number of benzene rings is 1. The molecule has 0 bridgehead atoms. The van der Waals surface area contributed by atoms with E-state index >= 15 is 0 Å². The molecule has 0 unspecified atom stereocenters. The molecule has 0 radical (unpaired) electrons. The lowest BCUT2D eigenvalue weighted by molar-refractivity contribution is 0.970. The van der Waals surface area contributed by atoms with Crippen LogP contribution < -0.4 is 5.32 Å². The van der Waals surface area contributed by atoms with Gasteiger partial charge in [0.05, 0.1) is 15.4 Å². The first kappa shape index (κ1) is 14.6. The zero-order valence-electron chi connectivity index (χ0n) is 11.4. The molecule has 3 nitrogen and oxygen atoms in total. The quantitative estimate of drug-likeness (QED) is 0.684. The molecule has 0 spiro atoms. The lowest BCUT2D eigenvalue weighted by Gasteiger charge is -2.11. The summed E-state index contributed by atoms with van der Waals surface area (Å²) in [5.74, 6) is 1.45. The molecule has 0 fully saturated rings. The van der Waals surface area contributed by atoms with Crippen molar-refractivity contribution >= 4 is 51.3 Å². The highest BCUT2D eigenvalue weighted by molar-refractivity contribution is 7.13. The normalized spacial score (nSPS) is 11.0. The Morgan fingerprint density at radius 2 is 2.10 bits per heavy atom. The van der Waals surface area contributed by atoms with E-state index in [4.69, 9.17) is 23.2 Å². The summed E-state index contributed by atoms with van der Waals surface area (Å²) in [6.07, 6.45) is 1.01. The maximum Gasteiger partial charge on any atom is 0.172 e. The Morgan fingerprint density at radius 3 is 2.81 bits per heavy atom. The van der Waals surface area contributed by atoms with E-state index in [1.807, 2.05) is 23.6 Å². The molecule has 0 aliphatic carbocycles. The lowest BCUT2D eigenvalue weighted by Crippen LogP contribution is -2.04. The molecule has 2 aromatic heterocycles. The van der Waals surface area contributed by atoms with Crippen LogP contribution in [0.25, 0.3) is 21.6 Å². The molecule has 0 aliphatic rings. The smallest absolute Gasteiger partial charge is 0.172 e. The summed E-state index contributed by atoms with van der Waals surface area (Å²) in [5, 5.41) is 7.31. The second-order valence-electron chi connectivity index (χ2n) is 4.58. The minimum absolute atomic E-state index is 0.539. The molecular formula is C15H13Cl2N3S. The van der Waals surface area contributed by atoms with Crippen molar-refractivity contribution < 1.29 is 0 Å². The van der Waals surface area contributed by atoms with Crippen LogP contribution in [0.3, 0.4) is 0 Å². The maximum absolute atomic E-state index is 6.30. The van der Waals surface area contributed by atoms with Gasteiger partial charge in [0.2, 0.25) is 0 Å². The SMILES string of the molecule is CCCNc1nc(-c2cccs2)nc2c(Cl)cc(Cl)cc12. The molecule has 1 aromatic carbocycles. The van der Waals surface area contributed by atoms with Gasteiger partial charge in [0.15, 0.2) is 5.82 Å². The summed E-state index contributed by atoms with van der Waals surface area (Å²) in [5.41, 5.74) is 0.720. The summed E-state index contributed by atoms with van der Waals surface area (Å²) in [6, 6.07) is 7.54. The number of anilines is 1. The monoisotopic (exact) mass is 337 g/mol. The van der Waals surface area contributed by atoms with Crippen LogP contribution in [0.5, 0.6) is 0 Å². The Hall–Kier alpha value is -1.36. The molecule has 3 rings (SSSR count). The van der Waals surface area contributed by atoms with Crippen molar-refractivity contribution in [1.29, 1.82) is 0 Å². The van der Waals surface area contributed by atoms with Crippen LogP contribution in [0.15, 0.2) is 29.6 Å². The van der Waals surface area contributed by atoms with Crippen molar-refractivity contribution in [2.75, 3.05) is 11.9 Å². The Balaban J connectivity index is 2.24. The second-order valence-corrected chi connectivity index (χ2v) is 6.38. The van der Waals surface area contributed by atoms with Gasteiger partial charge in [-0.15, -0.1) is 11.3 Å². The molecule has 6 heteroatoms. The Bertz CT molecular complexity index is 772. The fraction of sp³-hybridized carbons (Fsp3) is 0.200. The highest BCUT2D eigenvalue weighted by atomic mass is 35.5. The first-order valence-corrected chi connectivity index (χ1v) is 8.27. The summed E-state index contributed by atoms with van der Waals surface area (Å²) >= 11 is 14.0. The molecule has 0 saturated heterocycles. The third-order valence-electron chi connectivity index (χ3n) is 3.00. The van der Waals surface area contributed by atoms with Crippen molar-refractivity contribution in [1.82, 2.24) is 9.97 Å². The van der Waals surface area contributed by atoms with Crippen molar-refractivity contribution in [2.45, 2.75) is 13.3 Å². The fourth-order valence-electron chi connectivity index (χ4n) is 2.05. The van der Waals surface area contributed by atoms with Crippen LogP contribution >= 0.6 is 34.5 Å². The molecular weight excluding hydrogens is 325 g/mol. The van der Waals surface area contributed by atoms with Crippen molar-refractivity contribution in [3.8, 4) is 10.7 Å². The number of rotatable bonds is 4. The Kier molecular flexibility index (Phi) is 4.29. The van der Waals surface area contributed by atoms with E-state index in [2.05, 4.69) is 22.2 Å². The Morgan fingerprint density at radius 1 is 1.24 bits per heavy atom. The minimum atomic E-state index is 0.539. The van der Waals surface area contributed by atoms with Gasteiger partial charge in [-0.05, 0) is 30.0 Å². The van der Waals surface area contributed by atoms with Gasteiger partial charge in [-0.3, -0.25) is 0 Å². The van der Waals surface area contributed by atoms with Crippen LogP contribution in [0.2, 0.25) is 10.0 Å². The molecule has 0 saturated carbocycles. The van der Waals surface area contributed by atoms with Gasteiger partial charge in [0.1, 0.15) is 5.82 Å². The average molecular weight is 338 g/mol. The summed E-state index contributed by atoms with van der Waals surface area (Å²) in [4.78, 5) is 10.2. The number of aromatic nitrogens is 2. The predicted octanol–water partition coefficient (Wildman–Crippen LogP) is 5.49. The van der Waals surface area contributed by atoms with Gasteiger partial charge in [0.25, 0.3) is 0 Å². The molecule has 3 aromatic rings. The third kappa shape index (κ3) is 2.98. The van der Waals surface area contributed by atoms with E-state index in [1.54, 1.807) is 17.4 Å². The van der Waals surface area contributed by atoms with E-state index < -0.39 is 0 Å². The highest BCUT2D eigenvalue weighted by Gasteiger charge is 2.13. The minimum Gasteiger partial charge on any atom is -0.369 e. The van der Waals surface area contributed by atoms with Crippen LogP contribution in [0.4, 0.5) is 5.82 Å². The van der Waals surface area contributed by atoms with Gasteiger partial charge < -0.3 is 5.32 Å².